The van der Waals surface area contributed by atoms with E-state index in [2.05, 4.69) is 0 Å². The molecule has 0 saturated heterocycles. The van der Waals surface area contributed by atoms with Gasteiger partial charge in [0.2, 0.25) is 0 Å². The number of hydrogen-bond acceptors (Lipinski definition) is 4. The topological polar surface area (TPSA) is 64.8 Å². The van der Waals surface area contributed by atoms with Gasteiger partial charge in [0.25, 0.3) is 15.7 Å². The maximum Gasteiger partial charge on any atom is 0.264 e. The van der Waals surface area contributed by atoms with Crippen molar-refractivity contribution < 1.29 is 12.6 Å². The zero-order valence-electron chi connectivity index (χ0n) is 14.0. The molecule has 0 aliphatic carbocycles. The van der Waals surface area contributed by atoms with E-state index in [1.54, 1.807) is 16.7 Å². The lowest BCUT2D eigenvalue weighted by molar-refractivity contribution is 0.212. The molecule has 0 bridgehead atoms. The second kappa shape index (κ2) is 6.82. The van der Waals surface area contributed by atoms with Crippen LogP contribution in [0.25, 0.3) is 16.6 Å². The van der Waals surface area contributed by atoms with Gasteiger partial charge in [-0.15, -0.1) is 0 Å². The summed E-state index contributed by atoms with van der Waals surface area (Å²) in [6, 6.07) is 16.5. The Morgan fingerprint density at radius 1 is 1.08 bits per heavy atom. The molecule has 0 spiro atoms. The third kappa shape index (κ3) is 3.65. The van der Waals surface area contributed by atoms with Gasteiger partial charge < -0.3 is 0 Å². The average Bonchev–Trinajstić information content (AvgIpc) is 2.59. The van der Waals surface area contributed by atoms with E-state index >= 15 is 0 Å². The summed E-state index contributed by atoms with van der Waals surface area (Å²) in [5.74, 6) is 0. The average molecular weight is 357 g/mol. The molecule has 1 aromatic carbocycles. The van der Waals surface area contributed by atoms with Gasteiger partial charge in [0.1, 0.15) is 6.10 Å². The first-order valence-corrected chi connectivity index (χ1v) is 9.80. The van der Waals surface area contributed by atoms with Crippen LogP contribution in [0.3, 0.4) is 0 Å². The molecule has 25 heavy (non-hydrogen) atoms. The molecule has 1 atom stereocenters. The standard InChI is InChI=1S/C19H19NO4S/c1-3-17(24-25(2,22)23)16-13-15-11-7-8-12-20(15)19(21)18(16)14-9-5-4-6-10-14/h4-13,17H,3H2,1-2H3. The molecule has 2 aromatic heterocycles. The SMILES string of the molecule is CCC(OS(C)(=O)=O)c1cc2ccccn2c(=O)c1-c1ccccc1. The summed E-state index contributed by atoms with van der Waals surface area (Å²) in [6.45, 7) is 1.83. The van der Waals surface area contributed by atoms with Gasteiger partial charge in [0, 0.05) is 11.7 Å². The summed E-state index contributed by atoms with van der Waals surface area (Å²) in [5.41, 5.74) is 2.26. The van der Waals surface area contributed by atoms with Crippen LogP contribution in [0, 0.1) is 0 Å². The van der Waals surface area contributed by atoms with Gasteiger partial charge in [-0.2, -0.15) is 8.42 Å². The zero-order valence-corrected chi connectivity index (χ0v) is 14.9. The minimum atomic E-state index is -3.66. The molecule has 0 N–H and O–H groups in total. The molecule has 6 heteroatoms. The van der Waals surface area contributed by atoms with Gasteiger partial charge >= 0.3 is 0 Å². The Labute approximate surface area is 146 Å². The minimum absolute atomic E-state index is 0.199. The third-order valence-corrected chi connectivity index (χ3v) is 4.57. The molecule has 0 saturated carbocycles. The highest BCUT2D eigenvalue weighted by molar-refractivity contribution is 7.86. The van der Waals surface area contributed by atoms with E-state index in [4.69, 9.17) is 4.18 Å². The van der Waals surface area contributed by atoms with Crippen LogP contribution in [-0.4, -0.2) is 19.1 Å². The molecule has 0 amide bonds. The molecule has 2 heterocycles. The second-order valence-corrected chi connectivity index (χ2v) is 7.44. The molecule has 3 rings (SSSR count). The first-order valence-electron chi connectivity index (χ1n) is 7.98. The van der Waals surface area contributed by atoms with Crippen molar-refractivity contribution in [1.82, 2.24) is 4.40 Å². The van der Waals surface area contributed by atoms with E-state index in [0.29, 0.717) is 23.1 Å². The van der Waals surface area contributed by atoms with Gasteiger partial charge in [-0.05, 0) is 35.7 Å². The van der Waals surface area contributed by atoms with Crippen molar-refractivity contribution in [1.29, 1.82) is 0 Å². The van der Waals surface area contributed by atoms with Crippen molar-refractivity contribution in [2.24, 2.45) is 0 Å². The first-order chi connectivity index (χ1) is 11.9. The number of pyridine rings is 2. The van der Waals surface area contributed by atoms with Crippen LogP contribution in [0.1, 0.15) is 25.0 Å². The molecule has 5 nitrogen and oxygen atoms in total. The van der Waals surface area contributed by atoms with Crippen LogP contribution in [0.5, 0.6) is 0 Å². The Bertz CT molecular complexity index is 1060. The van der Waals surface area contributed by atoms with Crippen LogP contribution in [0.2, 0.25) is 0 Å². The number of nitrogens with zero attached hydrogens (tertiary/aromatic N) is 1. The van der Waals surface area contributed by atoms with Crippen molar-refractivity contribution in [3.05, 3.63) is 76.7 Å². The van der Waals surface area contributed by atoms with Gasteiger partial charge in [-0.25, -0.2) is 0 Å². The Balaban J connectivity index is 2.34. The van der Waals surface area contributed by atoms with E-state index in [1.165, 1.54) is 0 Å². The lowest BCUT2D eigenvalue weighted by atomic mass is 9.96. The van der Waals surface area contributed by atoms with Gasteiger partial charge in [0.15, 0.2) is 0 Å². The Kier molecular flexibility index (Phi) is 4.74. The molecule has 130 valence electrons. The number of hydrogen-bond donors (Lipinski definition) is 0. The van der Waals surface area contributed by atoms with E-state index in [-0.39, 0.29) is 5.56 Å². The lowest BCUT2D eigenvalue weighted by Crippen LogP contribution is -2.21. The first kappa shape index (κ1) is 17.4. The smallest absolute Gasteiger partial charge is 0.264 e. The maximum atomic E-state index is 13.1. The van der Waals surface area contributed by atoms with Crippen LogP contribution < -0.4 is 5.56 Å². The second-order valence-electron chi connectivity index (χ2n) is 5.84. The maximum absolute atomic E-state index is 13.1. The molecule has 0 radical (unpaired) electrons. The zero-order chi connectivity index (χ0) is 18.0. The minimum Gasteiger partial charge on any atom is -0.284 e. The number of benzene rings is 1. The van der Waals surface area contributed by atoms with Crippen molar-refractivity contribution >= 4 is 15.6 Å². The summed E-state index contributed by atoms with van der Waals surface area (Å²) >= 11 is 0. The lowest BCUT2D eigenvalue weighted by Gasteiger charge is -2.19. The van der Waals surface area contributed by atoms with Crippen LogP contribution in [-0.2, 0) is 14.3 Å². The Morgan fingerprint density at radius 2 is 1.76 bits per heavy atom. The number of fused-ring (bicyclic) bond motifs is 1. The molecule has 0 aliphatic heterocycles. The van der Waals surface area contributed by atoms with Crippen LogP contribution in [0.15, 0.2) is 65.6 Å². The van der Waals surface area contributed by atoms with E-state index in [9.17, 15) is 13.2 Å². The summed E-state index contributed by atoms with van der Waals surface area (Å²) in [6.07, 6.45) is 2.43. The summed E-state index contributed by atoms with van der Waals surface area (Å²) in [5, 5.41) is 0. The van der Waals surface area contributed by atoms with Crippen molar-refractivity contribution in [3.63, 3.8) is 0 Å². The molecular weight excluding hydrogens is 338 g/mol. The van der Waals surface area contributed by atoms with Gasteiger partial charge in [-0.3, -0.25) is 13.4 Å². The normalized spacial score (nSPS) is 13.0. The predicted octanol–water partition coefficient (Wildman–Crippen LogP) is 3.39. The molecule has 1 unspecified atom stereocenters. The summed E-state index contributed by atoms with van der Waals surface area (Å²) in [7, 11) is -3.66. The van der Waals surface area contributed by atoms with Crippen molar-refractivity contribution in [3.8, 4) is 11.1 Å². The molecule has 0 aliphatic rings. The number of rotatable bonds is 5. The van der Waals surface area contributed by atoms with Gasteiger partial charge in [0.05, 0.1) is 11.8 Å². The van der Waals surface area contributed by atoms with Crippen molar-refractivity contribution in [2.75, 3.05) is 6.26 Å². The van der Waals surface area contributed by atoms with E-state index in [1.807, 2.05) is 55.5 Å². The Morgan fingerprint density at radius 3 is 2.40 bits per heavy atom. The fraction of sp³-hybridized carbons (Fsp3) is 0.211. The van der Waals surface area contributed by atoms with Crippen molar-refractivity contribution in [2.45, 2.75) is 19.4 Å². The van der Waals surface area contributed by atoms with Crippen LogP contribution in [0.4, 0.5) is 0 Å². The number of aromatic nitrogens is 1. The van der Waals surface area contributed by atoms with E-state index < -0.39 is 16.2 Å². The van der Waals surface area contributed by atoms with E-state index in [0.717, 1.165) is 11.8 Å². The highest BCUT2D eigenvalue weighted by Gasteiger charge is 2.23. The molecule has 0 fully saturated rings. The van der Waals surface area contributed by atoms with Crippen LogP contribution >= 0.6 is 0 Å². The summed E-state index contributed by atoms with van der Waals surface area (Å²) in [4.78, 5) is 13.1. The Hall–Kier alpha value is -2.44. The molecular formula is C19H19NO4S. The third-order valence-electron chi connectivity index (χ3n) is 3.99. The quantitative estimate of drug-likeness (QED) is 0.657. The highest BCUT2D eigenvalue weighted by atomic mass is 32.2. The summed E-state index contributed by atoms with van der Waals surface area (Å²) < 4.78 is 30.1. The van der Waals surface area contributed by atoms with Gasteiger partial charge in [-0.1, -0.05) is 43.3 Å². The fourth-order valence-electron chi connectivity index (χ4n) is 2.93. The largest absolute Gasteiger partial charge is 0.284 e. The molecule has 3 aromatic rings. The fourth-order valence-corrected chi connectivity index (χ4v) is 3.60. The predicted molar refractivity (Wildman–Crippen MR) is 98.1 cm³/mol. The highest BCUT2D eigenvalue weighted by Crippen LogP contribution is 2.31. The monoisotopic (exact) mass is 357 g/mol.